The Labute approximate surface area is 167 Å². The molecule has 152 valence electrons. The Balaban J connectivity index is 3.06. The van der Waals surface area contributed by atoms with Crippen LogP contribution in [-0.2, 0) is 13.6 Å². The SMILES string of the molecule is CC(C)(C)[Si](C)(C)OC(=O)CN=C(O[Si](C)(C)C(C)(C)C)c1ccccc1. The first-order chi connectivity index (χ1) is 12.1. The van der Waals surface area contributed by atoms with Crippen molar-refractivity contribution in [1.29, 1.82) is 0 Å². The predicted molar refractivity (Wildman–Crippen MR) is 119 cm³/mol. The molecule has 0 aromatic heterocycles. The summed E-state index contributed by atoms with van der Waals surface area (Å²) in [6, 6.07) is 9.79. The highest BCUT2D eigenvalue weighted by molar-refractivity contribution is 6.76. The van der Waals surface area contributed by atoms with Gasteiger partial charge in [-0.15, -0.1) is 0 Å². The van der Waals surface area contributed by atoms with Crippen molar-refractivity contribution in [3.05, 3.63) is 35.9 Å². The summed E-state index contributed by atoms with van der Waals surface area (Å²) in [5.41, 5.74) is 0.891. The van der Waals surface area contributed by atoms with E-state index in [1.165, 1.54) is 0 Å². The summed E-state index contributed by atoms with van der Waals surface area (Å²) in [6.07, 6.45) is 0. The molecule has 0 heterocycles. The highest BCUT2D eigenvalue weighted by atomic mass is 28.4. The van der Waals surface area contributed by atoms with Crippen LogP contribution in [0.5, 0.6) is 0 Å². The van der Waals surface area contributed by atoms with Crippen LogP contribution in [0, 0.1) is 0 Å². The lowest BCUT2D eigenvalue weighted by Gasteiger charge is -2.37. The fourth-order valence-corrected chi connectivity index (χ4v) is 3.68. The van der Waals surface area contributed by atoms with Gasteiger partial charge in [0, 0.05) is 5.56 Å². The topological polar surface area (TPSA) is 47.9 Å². The van der Waals surface area contributed by atoms with Gasteiger partial charge < -0.3 is 8.85 Å². The minimum absolute atomic E-state index is 0.0216. The van der Waals surface area contributed by atoms with Crippen molar-refractivity contribution in [2.45, 2.75) is 77.8 Å². The van der Waals surface area contributed by atoms with Gasteiger partial charge in [0.2, 0.25) is 5.90 Å². The number of hydrogen-bond donors (Lipinski definition) is 0. The molecule has 1 rings (SSSR count). The highest BCUT2D eigenvalue weighted by Crippen LogP contribution is 2.38. The summed E-state index contributed by atoms with van der Waals surface area (Å²) in [4.78, 5) is 17.0. The quantitative estimate of drug-likeness (QED) is 0.341. The smallest absolute Gasteiger partial charge is 0.314 e. The molecule has 0 aliphatic heterocycles. The lowest BCUT2D eigenvalue weighted by atomic mass is 10.2. The highest BCUT2D eigenvalue weighted by Gasteiger charge is 2.41. The Bertz CT molecular complexity index is 669. The zero-order valence-corrected chi connectivity index (χ0v) is 20.8. The molecule has 27 heavy (non-hydrogen) atoms. The minimum atomic E-state index is -2.15. The van der Waals surface area contributed by atoms with Crippen LogP contribution in [-0.4, -0.2) is 35.0 Å². The Morgan fingerprint density at radius 3 is 1.74 bits per heavy atom. The van der Waals surface area contributed by atoms with E-state index in [0.717, 1.165) is 5.56 Å². The maximum atomic E-state index is 12.5. The van der Waals surface area contributed by atoms with Gasteiger partial charge in [-0.1, -0.05) is 59.7 Å². The summed E-state index contributed by atoms with van der Waals surface area (Å²) in [6.45, 7) is 21.4. The first-order valence-electron chi connectivity index (χ1n) is 9.57. The maximum Gasteiger partial charge on any atom is 0.314 e. The van der Waals surface area contributed by atoms with E-state index in [9.17, 15) is 4.79 Å². The van der Waals surface area contributed by atoms with Crippen molar-refractivity contribution >= 4 is 28.5 Å². The van der Waals surface area contributed by atoms with Crippen molar-refractivity contribution in [2.24, 2.45) is 4.99 Å². The third kappa shape index (κ3) is 6.61. The van der Waals surface area contributed by atoms with Gasteiger partial charge in [0.1, 0.15) is 6.54 Å². The van der Waals surface area contributed by atoms with Gasteiger partial charge in [0.25, 0.3) is 16.6 Å². The number of carbonyl (C=O) groups is 1. The summed E-state index contributed by atoms with van der Waals surface area (Å²) < 4.78 is 12.3. The Hall–Kier alpha value is -1.41. The van der Waals surface area contributed by atoms with Crippen molar-refractivity contribution in [3.63, 3.8) is 0 Å². The molecular weight excluding hydrogens is 370 g/mol. The van der Waals surface area contributed by atoms with Crippen molar-refractivity contribution in [3.8, 4) is 0 Å². The van der Waals surface area contributed by atoms with Crippen LogP contribution in [0.3, 0.4) is 0 Å². The third-order valence-electron chi connectivity index (χ3n) is 5.71. The second-order valence-electron chi connectivity index (χ2n) is 10.1. The van der Waals surface area contributed by atoms with Crippen LogP contribution in [0.1, 0.15) is 47.1 Å². The molecule has 0 spiro atoms. The average Bonchev–Trinajstić information content (AvgIpc) is 2.49. The van der Waals surface area contributed by atoms with Crippen LogP contribution in [0.15, 0.2) is 35.3 Å². The van der Waals surface area contributed by atoms with Gasteiger partial charge in [-0.05, 0) is 48.4 Å². The first kappa shape index (κ1) is 23.6. The fourth-order valence-electron chi connectivity index (χ4n) is 1.76. The van der Waals surface area contributed by atoms with Crippen molar-refractivity contribution in [2.75, 3.05) is 6.54 Å². The average molecular weight is 408 g/mol. The van der Waals surface area contributed by atoms with E-state index >= 15 is 0 Å². The second-order valence-corrected chi connectivity index (χ2v) is 19.5. The second kappa shape index (κ2) is 8.31. The molecule has 0 N–H and O–H groups in total. The van der Waals surface area contributed by atoms with Crippen LogP contribution in [0.2, 0.25) is 36.3 Å². The predicted octanol–water partition coefficient (Wildman–Crippen LogP) is 6.00. The molecule has 0 aliphatic carbocycles. The zero-order valence-electron chi connectivity index (χ0n) is 18.8. The van der Waals surface area contributed by atoms with E-state index < -0.39 is 16.6 Å². The molecule has 4 nitrogen and oxygen atoms in total. The molecule has 0 bridgehead atoms. The molecule has 1 aromatic carbocycles. The molecule has 0 saturated heterocycles. The van der Waals surface area contributed by atoms with Crippen LogP contribution < -0.4 is 0 Å². The van der Waals surface area contributed by atoms with Crippen LogP contribution >= 0.6 is 0 Å². The van der Waals surface area contributed by atoms with Gasteiger partial charge in [0.15, 0.2) is 0 Å². The van der Waals surface area contributed by atoms with Gasteiger partial charge in [-0.25, -0.2) is 4.99 Å². The molecule has 6 heteroatoms. The van der Waals surface area contributed by atoms with E-state index in [0.29, 0.717) is 5.90 Å². The largest absolute Gasteiger partial charge is 0.530 e. The maximum absolute atomic E-state index is 12.5. The van der Waals surface area contributed by atoms with Crippen molar-refractivity contribution in [1.82, 2.24) is 0 Å². The monoisotopic (exact) mass is 407 g/mol. The molecule has 0 atom stereocenters. The van der Waals surface area contributed by atoms with Gasteiger partial charge >= 0.3 is 5.97 Å². The number of carbonyl (C=O) groups excluding carboxylic acids is 1. The molecule has 1 aromatic rings. The number of rotatable bonds is 5. The first-order valence-corrected chi connectivity index (χ1v) is 15.4. The standard InChI is InChI=1S/C21H37NO3Si2/c1-20(2,3)26(7,8)24-18(23)16-22-19(17-14-12-11-13-15-17)25-27(9,10)21(4,5)6/h11-15H,16H2,1-10H3. The van der Waals surface area contributed by atoms with E-state index in [1.807, 2.05) is 30.3 Å². The zero-order chi connectivity index (χ0) is 21.1. The van der Waals surface area contributed by atoms with E-state index in [-0.39, 0.29) is 22.6 Å². The van der Waals surface area contributed by atoms with E-state index in [4.69, 9.17) is 8.85 Å². The molecule has 0 fully saturated rings. The van der Waals surface area contributed by atoms with E-state index in [1.54, 1.807) is 0 Å². The summed E-state index contributed by atoms with van der Waals surface area (Å²) in [5.74, 6) is 0.253. The van der Waals surface area contributed by atoms with Gasteiger partial charge in [-0.2, -0.15) is 0 Å². The minimum Gasteiger partial charge on any atom is -0.530 e. The van der Waals surface area contributed by atoms with Crippen LogP contribution in [0.25, 0.3) is 0 Å². The number of benzene rings is 1. The van der Waals surface area contributed by atoms with Gasteiger partial charge in [-0.3, -0.25) is 4.79 Å². The molecule has 0 saturated carbocycles. The molecule has 0 radical (unpaired) electrons. The van der Waals surface area contributed by atoms with Gasteiger partial charge in [0.05, 0.1) is 0 Å². The Morgan fingerprint density at radius 1 is 0.852 bits per heavy atom. The fraction of sp³-hybridized carbons (Fsp3) is 0.619. The third-order valence-corrected chi connectivity index (χ3v) is 14.4. The van der Waals surface area contributed by atoms with Crippen molar-refractivity contribution < 1.29 is 13.6 Å². The molecule has 0 amide bonds. The molecule has 0 aliphatic rings. The molecular formula is C21H37NO3Si2. The summed E-state index contributed by atoms with van der Waals surface area (Å²) in [7, 11) is -4.22. The normalized spacial score (nSPS) is 14.1. The molecule has 0 unspecified atom stereocenters. The number of aliphatic imine (C=N–C) groups is 1. The number of nitrogens with zero attached hydrogens (tertiary/aromatic N) is 1. The number of hydrogen-bond acceptors (Lipinski definition) is 4. The van der Waals surface area contributed by atoms with Crippen LogP contribution in [0.4, 0.5) is 0 Å². The van der Waals surface area contributed by atoms with E-state index in [2.05, 4.69) is 72.7 Å². The summed E-state index contributed by atoms with van der Waals surface area (Å²) >= 11 is 0. The lowest BCUT2D eigenvalue weighted by Crippen LogP contribution is -2.44. The Kier molecular flexibility index (Phi) is 7.27. The Morgan fingerprint density at radius 2 is 1.30 bits per heavy atom. The lowest BCUT2D eigenvalue weighted by molar-refractivity contribution is -0.133. The summed E-state index contributed by atoms with van der Waals surface area (Å²) in [5, 5.41) is 0.0243.